The standard InChI is InChI=1S/C13H6BrFN4/c14-12-6-18-13-11(15)3-9(7-19(12)13)8-1-2-10(4-16)17-5-8/h1-3,5-7H. The van der Waals surface area contributed by atoms with E-state index in [4.69, 9.17) is 5.26 Å². The van der Waals surface area contributed by atoms with Crippen LogP contribution in [0.2, 0.25) is 0 Å². The Hall–Kier alpha value is -2.26. The Bertz CT molecular complexity index is 802. The lowest BCUT2D eigenvalue weighted by Crippen LogP contribution is -1.92. The van der Waals surface area contributed by atoms with Crippen LogP contribution in [0.3, 0.4) is 0 Å². The Balaban J connectivity index is 2.19. The third-order valence-electron chi connectivity index (χ3n) is 2.73. The number of aromatic nitrogens is 3. The fraction of sp³-hybridized carbons (Fsp3) is 0. The van der Waals surface area contributed by atoms with E-state index >= 15 is 0 Å². The number of hydrogen-bond acceptors (Lipinski definition) is 3. The van der Waals surface area contributed by atoms with E-state index < -0.39 is 5.82 Å². The molecule has 3 heterocycles. The van der Waals surface area contributed by atoms with Crippen molar-refractivity contribution in [3.05, 3.63) is 52.9 Å². The smallest absolute Gasteiger partial charge is 0.174 e. The summed E-state index contributed by atoms with van der Waals surface area (Å²) in [4.78, 5) is 7.94. The number of rotatable bonds is 1. The lowest BCUT2D eigenvalue weighted by Gasteiger charge is -2.04. The molecule has 0 saturated carbocycles. The van der Waals surface area contributed by atoms with Gasteiger partial charge in [-0.3, -0.25) is 4.40 Å². The second-order valence-electron chi connectivity index (χ2n) is 3.90. The highest BCUT2D eigenvalue weighted by Gasteiger charge is 2.09. The second kappa shape index (κ2) is 4.44. The van der Waals surface area contributed by atoms with Crippen LogP contribution in [0.4, 0.5) is 4.39 Å². The predicted molar refractivity (Wildman–Crippen MR) is 70.8 cm³/mol. The van der Waals surface area contributed by atoms with Gasteiger partial charge >= 0.3 is 0 Å². The molecule has 0 radical (unpaired) electrons. The number of halogens is 2. The summed E-state index contributed by atoms with van der Waals surface area (Å²) in [6.45, 7) is 0. The lowest BCUT2D eigenvalue weighted by molar-refractivity contribution is 0.630. The number of nitriles is 1. The van der Waals surface area contributed by atoms with Gasteiger partial charge in [0.05, 0.1) is 6.20 Å². The van der Waals surface area contributed by atoms with E-state index in [9.17, 15) is 4.39 Å². The molecule has 0 saturated heterocycles. The summed E-state index contributed by atoms with van der Waals surface area (Å²) in [6.07, 6.45) is 4.85. The van der Waals surface area contributed by atoms with Crippen molar-refractivity contribution in [3.63, 3.8) is 0 Å². The molecule has 0 fully saturated rings. The highest BCUT2D eigenvalue weighted by atomic mass is 79.9. The van der Waals surface area contributed by atoms with Crippen molar-refractivity contribution in [2.45, 2.75) is 0 Å². The van der Waals surface area contributed by atoms with Crippen LogP contribution in [-0.2, 0) is 0 Å². The molecule has 3 aromatic heterocycles. The van der Waals surface area contributed by atoms with Crippen molar-refractivity contribution in [2.24, 2.45) is 0 Å². The van der Waals surface area contributed by atoms with Gasteiger partial charge in [0.25, 0.3) is 0 Å². The van der Waals surface area contributed by atoms with E-state index in [1.165, 1.54) is 6.07 Å². The van der Waals surface area contributed by atoms with Crippen molar-refractivity contribution >= 4 is 21.6 Å². The first kappa shape index (κ1) is 11.8. The third-order valence-corrected chi connectivity index (χ3v) is 3.31. The minimum absolute atomic E-state index is 0.261. The maximum absolute atomic E-state index is 13.9. The summed E-state index contributed by atoms with van der Waals surface area (Å²) in [5.41, 5.74) is 1.99. The van der Waals surface area contributed by atoms with Crippen LogP contribution in [0.1, 0.15) is 5.69 Å². The van der Waals surface area contributed by atoms with Crippen molar-refractivity contribution < 1.29 is 4.39 Å². The molecular formula is C13H6BrFN4. The van der Waals surface area contributed by atoms with Crippen molar-refractivity contribution in [3.8, 4) is 17.2 Å². The normalized spacial score (nSPS) is 10.6. The Morgan fingerprint density at radius 3 is 2.74 bits per heavy atom. The topological polar surface area (TPSA) is 54.0 Å². The first-order valence-corrected chi connectivity index (χ1v) is 6.17. The van der Waals surface area contributed by atoms with Crippen LogP contribution in [0.15, 0.2) is 41.4 Å². The molecule has 19 heavy (non-hydrogen) atoms. The molecule has 4 nitrogen and oxygen atoms in total. The zero-order chi connectivity index (χ0) is 13.4. The molecule has 0 spiro atoms. The average molecular weight is 317 g/mol. The van der Waals surface area contributed by atoms with Crippen molar-refractivity contribution in [1.82, 2.24) is 14.4 Å². The van der Waals surface area contributed by atoms with Gasteiger partial charge in [-0.05, 0) is 34.1 Å². The summed E-state index contributed by atoms with van der Waals surface area (Å²) in [7, 11) is 0. The summed E-state index contributed by atoms with van der Waals surface area (Å²) in [5.74, 6) is -0.410. The lowest BCUT2D eigenvalue weighted by atomic mass is 10.1. The van der Waals surface area contributed by atoms with Crippen molar-refractivity contribution in [2.75, 3.05) is 0 Å². The SMILES string of the molecule is N#Cc1ccc(-c2cc(F)c3ncc(Br)n3c2)cn1. The molecule has 92 valence electrons. The Kier molecular flexibility index (Phi) is 2.76. The minimum Gasteiger partial charge on any atom is -0.291 e. The molecule has 6 heteroatoms. The zero-order valence-electron chi connectivity index (χ0n) is 9.51. The Morgan fingerprint density at radius 2 is 2.05 bits per heavy atom. The summed E-state index contributed by atoms with van der Waals surface area (Å²) in [6, 6.07) is 6.68. The molecular weight excluding hydrogens is 311 g/mol. The van der Waals surface area contributed by atoms with Gasteiger partial charge in [0.15, 0.2) is 11.5 Å². The van der Waals surface area contributed by atoms with Gasteiger partial charge in [0, 0.05) is 23.5 Å². The van der Waals surface area contributed by atoms with E-state index in [0.29, 0.717) is 15.9 Å². The summed E-state index contributed by atoms with van der Waals surface area (Å²) >= 11 is 3.31. The molecule has 0 bridgehead atoms. The third kappa shape index (κ3) is 1.98. The van der Waals surface area contributed by atoms with Gasteiger partial charge in [-0.2, -0.15) is 5.26 Å². The van der Waals surface area contributed by atoms with Gasteiger partial charge in [-0.15, -0.1) is 0 Å². The molecule has 0 N–H and O–H groups in total. The molecule has 0 amide bonds. The van der Waals surface area contributed by atoms with Crippen LogP contribution in [0.5, 0.6) is 0 Å². The zero-order valence-corrected chi connectivity index (χ0v) is 11.1. The monoisotopic (exact) mass is 316 g/mol. The second-order valence-corrected chi connectivity index (χ2v) is 4.71. The number of pyridine rings is 2. The van der Waals surface area contributed by atoms with Crippen LogP contribution in [0, 0.1) is 17.1 Å². The Labute approximate surface area is 116 Å². The number of imidazole rings is 1. The number of fused-ring (bicyclic) bond motifs is 1. The van der Waals surface area contributed by atoms with Gasteiger partial charge in [0.2, 0.25) is 0 Å². The summed E-state index contributed by atoms with van der Waals surface area (Å²) < 4.78 is 16.2. The summed E-state index contributed by atoms with van der Waals surface area (Å²) in [5, 5.41) is 8.70. The van der Waals surface area contributed by atoms with Crippen LogP contribution < -0.4 is 0 Å². The largest absolute Gasteiger partial charge is 0.291 e. The van der Waals surface area contributed by atoms with Crippen LogP contribution in [-0.4, -0.2) is 14.4 Å². The maximum Gasteiger partial charge on any atom is 0.174 e. The quantitative estimate of drug-likeness (QED) is 0.693. The maximum atomic E-state index is 13.9. The molecule has 0 aliphatic rings. The molecule has 3 aromatic rings. The minimum atomic E-state index is -0.410. The van der Waals surface area contributed by atoms with Crippen LogP contribution >= 0.6 is 15.9 Å². The van der Waals surface area contributed by atoms with Gasteiger partial charge < -0.3 is 0 Å². The molecule has 0 atom stereocenters. The highest BCUT2D eigenvalue weighted by Crippen LogP contribution is 2.24. The number of nitrogens with zero attached hydrogens (tertiary/aromatic N) is 4. The first-order valence-electron chi connectivity index (χ1n) is 5.37. The Morgan fingerprint density at radius 1 is 1.21 bits per heavy atom. The molecule has 0 unspecified atom stereocenters. The number of hydrogen-bond donors (Lipinski definition) is 0. The van der Waals surface area contributed by atoms with Gasteiger partial charge in [-0.1, -0.05) is 0 Å². The van der Waals surface area contributed by atoms with E-state index in [1.54, 1.807) is 35.1 Å². The van der Waals surface area contributed by atoms with E-state index in [-0.39, 0.29) is 5.65 Å². The van der Waals surface area contributed by atoms with Crippen LogP contribution in [0.25, 0.3) is 16.8 Å². The molecule has 0 aliphatic carbocycles. The predicted octanol–water partition coefficient (Wildman–Crippen LogP) is 3.17. The van der Waals surface area contributed by atoms with E-state index in [2.05, 4.69) is 25.9 Å². The first-order chi connectivity index (χ1) is 9.19. The highest BCUT2D eigenvalue weighted by molar-refractivity contribution is 9.10. The van der Waals surface area contributed by atoms with E-state index in [0.717, 1.165) is 5.56 Å². The van der Waals surface area contributed by atoms with Gasteiger partial charge in [-0.25, -0.2) is 14.4 Å². The molecule has 0 aliphatic heterocycles. The fourth-order valence-corrected chi connectivity index (χ4v) is 2.18. The van der Waals surface area contributed by atoms with Gasteiger partial charge in [0.1, 0.15) is 16.4 Å². The van der Waals surface area contributed by atoms with Crippen molar-refractivity contribution in [1.29, 1.82) is 5.26 Å². The molecule has 0 aromatic carbocycles. The fourth-order valence-electron chi connectivity index (χ4n) is 1.81. The average Bonchev–Trinajstić information content (AvgIpc) is 2.81. The molecule has 3 rings (SSSR count). The van der Waals surface area contributed by atoms with E-state index in [1.807, 2.05) is 6.07 Å².